The predicted molar refractivity (Wildman–Crippen MR) is 117 cm³/mol. The van der Waals surface area contributed by atoms with Gasteiger partial charge in [0.1, 0.15) is 9.45 Å². The number of methoxy groups -OCH3 is 1. The van der Waals surface area contributed by atoms with Gasteiger partial charge in [-0.15, -0.1) is 10.6 Å². The molecule has 28 heavy (non-hydrogen) atoms. The zero-order chi connectivity index (χ0) is 19.7. The van der Waals surface area contributed by atoms with Crippen molar-refractivity contribution < 1.29 is 4.74 Å². The van der Waals surface area contributed by atoms with Gasteiger partial charge in [0.15, 0.2) is 5.84 Å². The van der Waals surface area contributed by atoms with Crippen LogP contribution in [0.1, 0.15) is 22.3 Å². The van der Waals surface area contributed by atoms with E-state index in [1.807, 2.05) is 40.2 Å². The Balaban J connectivity index is 1.60. The van der Waals surface area contributed by atoms with E-state index < -0.39 is 0 Å². The summed E-state index contributed by atoms with van der Waals surface area (Å²) in [7, 11) is 1.67. The Kier molecular flexibility index (Phi) is 5.23. The molecule has 0 radical (unpaired) electrons. The number of aromatic nitrogens is 2. The van der Waals surface area contributed by atoms with Crippen molar-refractivity contribution in [2.24, 2.45) is 5.10 Å². The molecule has 4 rings (SSSR count). The van der Waals surface area contributed by atoms with E-state index in [2.05, 4.69) is 75.9 Å². The Labute approximate surface area is 177 Å². The molecule has 0 unspecified atom stereocenters. The topological polar surface area (TPSA) is 66.7 Å². The lowest BCUT2D eigenvalue weighted by Gasteiger charge is -2.19. The summed E-state index contributed by atoms with van der Waals surface area (Å²) in [5.74, 6) is 1.64. The van der Waals surface area contributed by atoms with Crippen molar-refractivity contribution in [1.29, 1.82) is 0 Å². The maximum atomic E-state index is 5.23. The zero-order valence-corrected chi connectivity index (χ0v) is 18.1. The van der Waals surface area contributed by atoms with Gasteiger partial charge in [-0.2, -0.15) is 5.10 Å². The van der Waals surface area contributed by atoms with Crippen LogP contribution < -0.4 is 15.8 Å². The monoisotopic (exact) mass is 488 g/mol. The molecule has 3 aromatic rings. The Bertz CT molecular complexity index is 1010. The quantitative estimate of drug-likeness (QED) is 0.540. The molecular weight excluding hydrogens is 467 g/mol. The summed E-state index contributed by atoms with van der Waals surface area (Å²) in [5.41, 5.74) is 11.5. The highest BCUT2D eigenvalue weighted by Crippen LogP contribution is 2.22. The molecule has 0 aliphatic carbocycles. The maximum Gasteiger partial charge on any atom is 0.177 e. The Hall–Kier alpha value is -2.59. The Morgan fingerprint density at radius 3 is 2.46 bits per heavy atom. The molecular formula is C20H21IN6O. The average molecular weight is 488 g/mol. The minimum absolute atomic E-state index is 0.653. The third-order valence-electron chi connectivity index (χ3n) is 4.50. The highest BCUT2D eigenvalue weighted by atomic mass is 127. The number of rotatable bonds is 5. The molecule has 1 aliphatic heterocycles. The van der Waals surface area contributed by atoms with Crippen molar-refractivity contribution in [2.75, 3.05) is 7.11 Å². The molecule has 0 saturated carbocycles. The number of nitrogens with one attached hydrogen (secondary N) is 2. The van der Waals surface area contributed by atoms with E-state index in [9.17, 15) is 0 Å². The summed E-state index contributed by atoms with van der Waals surface area (Å²) >= 11 is 2.32. The number of amidine groups is 1. The van der Waals surface area contributed by atoms with Gasteiger partial charge in [-0.1, -0.05) is 18.2 Å². The lowest BCUT2D eigenvalue weighted by Crippen LogP contribution is -2.40. The molecule has 0 bridgehead atoms. The predicted octanol–water partition coefficient (Wildman–Crippen LogP) is 3.29. The van der Waals surface area contributed by atoms with Crippen molar-refractivity contribution in [3.63, 3.8) is 0 Å². The molecule has 0 fully saturated rings. The first-order chi connectivity index (χ1) is 13.5. The fraction of sp³-hybridized carbons (Fsp3) is 0.200. The average Bonchev–Trinajstić information content (AvgIpc) is 3.27. The van der Waals surface area contributed by atoms with E-state index in [0.717, 1.165) is 32.1 Å². The molecule has 144 valence electrons. The highest BCUT2D eigenvalue weighted by molar-refractivity contribution is 14.1. The normalized spacial score (nSPS) is 13.4. The van der Waals surface area contributed by atoms with Crippen LogP contribution in [0.25, 0.3) is 5.69 Å². The summed E-state index contributed by atoms with van der Waals surface area (Å²) in [4.78, 5) is 0. The van der Waals surface area contributed by atoms with Crippen molar-refractivity contribution in [3.05, 3.63) is 74.6 Å². The number of hydrogen-bond acceptors (Lipinski definition) is 6. The summed E-state index contributed by atoms with van der Waals surface area (Å²) in [6.07, 6.45) is 1.86. The lowest BCUT2D eigenvalue weighted by atomic mass is 10.1. The lowest BCUT2D eigenvalue weighted by molar-refractivity contribution is 0.288. The van der Waals surface area contributed by atoms with Crippen LogP contribution in [0.3, 0.4) is 0 Å². The minimum atomic E-state index is 0.653. The van der Waals surface area contributed by atoms with Crippen LogP contribution in [0.5, 0.6) is 5.75 Å². The first-order valence-corrected chi connectivity index (χ1v) is 9.94. The fourth-order valence-corrected chi connectivity index (χ4v) is 4.01. The summed E-state index contributed by atoms with van der Waals surface area (Å²) in [6, 6.07) is 14.4. The first kappa shape index (κ1) is 18.8. The number of hydrogen-bond donors (Lipinski definition) is 2. The van der Waals surface area contributed by atoms with Crippen LogP contribution >= 0.6 is 22.6 Å². The van der Waals surface area contributed by atoms with Gasteiger partial charge >= 0.3 is 0 Å². The largest absolute Gasteiger partial charge is 0.497 e. The van der Waals surface area contributed by atoms with Crippen molar-refractivity contribution >= 4 is 28.4 Å². The van der Waals surface area contributed by atoms with Crippen LogP contribution in [0.4, 0.5) is 0 Å². The third kappa shape index (κ3) is 3.69. The van der Waals surface area contributed by atoms with Gasteiger partial charge in [-0.05, 0) is 77.4 Å². The molecule has 8 heteroatoms. The smallest absolute Gasteiger partial charge is 0.177 e. The van der Waals surface area contributed by atoms with Gasteiger partial charge in [-0.3, -0.25) is 5.01 Å². The standard InChI is InChI=1S/C20H21IN6O/c1-13-8-14(2)10-16(9-13)27-19(21)18(11-22-27)20-23-24-25-26(20)12-15-4-6-17(28-3)7-5-15/h4-11,24-25H,12H2,1-3H3. The number of hydrazine groups is 2. The van der Waals surface area contributed by atoms with Gasteiger partial charge in [0.25, 0.3) is 0 Å². The van der Waals surface area contributed by atoms with Crippen LogP contribution in [-0.4, -0.2) is 27.7 Å². The third-order valence-corrected chi connectivity index (χ3v) is 5.54. The van der Waals surface area contributed by atoms with Gasteiger partial charge in [0, 0.05) is 0 Å². The SMILES string of the molecule is COc1ccc(CN2NNN=C2c2cnn(-c3cc(C)cc(C)c3)c2I)cc1. The molecule has 0 amide bonds. The number of nitrogens with zero attached hydrogens (tertiary/aromatic N) is 4. The van der Waals surface area contributed by atoms with Crippen LogP contribution in [0, 0.1) is 17.5 Å². The molecule has 1 aliphatic rings. The molecule has 0 atom stereocenters. The van der Waals surface area contributed by atoms with Crippen LogP contribution in [0.2, 0.25) is 0 Å². The van der Waals surface area contributed by atoms with Gasteiger partial charge in [-0.25, -0.2) is 10.2 Å². The molecule has 0 spiro atoms. The van der Waals surface area contributed by atoms with Crippen LogP contribution in [-0.2, 0) is 6.54 Å². The van der Waals surface area contributed by atoms with E-state index in [1.165, 1.54) is 11.1 Å². The van der Waals surface area contributed by atoms with Gasteiger partial charge < -0.3 is 4.74 Å². The van der Waals surface area contributed by atoms with Gasteiger partial charge in [0.2, 0.25) is 0 Å². The first-order valence-electron chi connectivity index (χ1n) is 8.86. The second-order valence-electron chi connectivity index (χ2n) is 6.70. The van der Waals surface area contributed by atoms with Crippen molar-refractivity contribution in [1.82, 2.24) is 25.9 Å². The van der Waals surface area contributed by atoms with Crippen molar-refractivity contribution in [2.45, 2.75) is 20.4 Å². The number of halogens is 1. The highest BCUT2D eigenvalue weighted by Gasteiger charge is 2.24. The second-order valence-corrected chi connectivity index (χ2v) is 7.72. The summed E-state index contributed by atoms with van der Waals surface area (Å²) < 4.78 is 8.18. The van der Waals surface area contributed by atoms with Crippen LogP contribution in [0.15, 0.2) is 53.8 Å². The Morgan fingerprint density at radius 1 is 1.07 bits per heavy atom. The minimum Gasteiger partial charge on any atom is -0.497 e. The van der Waals surface area contributed by atoms with E-state index in [4.69, 9.17) is 4.74 Å². The molecule has 2 aromatic carbocycles. The van der Waals surface area contributed by atoms with Crippen molar-refractivity contribution in [3.8, 4) is 11.4 Å². The molecule has 2 N–H and O–H groups in total. The van der Waals surface area contributed by atoms with E-state index in [1.54, 1.807) is 7.11 Å². The summed E-state index contributed by atoms with van der Waals surface area (Å²) in [6.45, 7) is 4.85. The second kappa shape index (κ2) is 7.80. The zero-order valence-electron chi connectivity index (χ0n) is 15.9. The number of aryl methyl sites for hydroxylation is 2. The fourth-order valence-electron chi connectivity index (χ4n) is 3.22. The van der Waals surface area contributed by atoms with Gasteiger partial charge in [0.05, 0.1) is 31.1 Å². The van der Waals surface area contributed by atoms with E-state index >= 15 is 0 Å². The number of ether oxygens (including phenoxy) is 1. The molecule has 7 nitrogen and oxygen atoms in total. The number of hydrazone groups is 1. The van der Waals surface area contributed by atoms with E-state index in [-0.39, 0.29) is 0 Å². The summed E-state index contributed by atoms with van der Waals surface area (Å²) in [5, 5.41) is 11.0. The molecule has 2 heterocycles. The number of benzene rings is 2. The molecule has 0 saturated heterocycles. The maximum absolute atomic E-state index is 5.23. The Morgan fingerprint density at radius 2 is 1.79 bits per heavy atom. The van der Waals surface area contributed by atoms with E-state index in [0.29, 0.717) is 6.54 Å². The molecule has 1 aromatic heterocycles.